The van der Waals surface area contributed by atoms with Crippen molar-refractivity contribution in [3.63, 3.8) is 0 Å². The molecule has 11 heteroatoms. The van der Waals surface area contributed by atoms with E-state index < -0.39 is 5.97 Å². The lowest BCUT2D eigenvalue weighted by Crippen LogP contribution is -2.03. The van der Waals surface area contributed by atoms with Gasteiger partial charge in [-0.1, -0.05) is 0 Å². The van der Waals surface area contributed by atoms with Crippen molar-refractivity contribution in [1.29, 1.82) is 0 Å². The number of fused-ring (bicyclic) bond motifs is 1. The predicted octanol–water partition coefficient (Wildman–Crippen LogP) is 2.66. The summed E-state index contributed by atoms with van der Waals surface area (Å²) in [6.07, 6.45) is 3.63. The molecule has 162 valence electrons. The van der Waals surface area contributed by atoms with Gasteiger partial charge in [0.2, 0.25) is 5.24 Å². The first-order chi connectivity index (χ1) is 15.4. The monoisotopic (exact) mass is 451 g/mol. The van der Waals surface area contributed by atoms with Gasteiger partial charge in [-0.15, -0.1) is 0 Å². The Hall–Kier alpha value is -3.79. The molecule has 1 aliphatic carbocycles. The number of carbonyl (C=O) groups is 2. The van der Waals surface area contributed by atoms with Crippen LogP contribution in [0.2, 0.25) is 0 Å². The quantitative estimate of drug-likeness (QED) is 0.348. The van der Waals surface area contributed by atoms with Gasteiger partial charge in [0.1, 0.15) is 12.1 Å². The summed E-state index contributed by atoms with van der Waals surface area (Å²) < 4.78 is 6.47. The van der Waals surface area contributed by atoms with Crippen molar-refractivity contribution in [3.05, 3.63) is 42.0 Å². The standard InChI is InChI=1S/C21H18ClN7O3/c1-29-8-25-20(28-29)9-3-14(10-5-12(10)18(22)30)26-15(4-9)16-6-11-13(21(31)32-2)7-24-19(23)17(11)27-16/h3-4,6-8,10,12,27H,5H2,1-2H3,(H2,23,24). The van der Waals surface area contributed by atoms with Gasteiger partial charge in [-0.3, -0.25) is 14.5 Å². The third-order valence-corrected chi connectivity index (χ3v) is 5.82. The van der Waals surface area contributed by atoms with E-state index in [1.807, 2.05) is 12.1 Å². The average molecular weight is 452 g/mol. The Morgan fingerprint density at radius 2 is 2.09 bits per heavy atom. The molecule has 0 bridgehead atoms. The number of aromatic amines is 1. The number of ether oxygens (including phenoxy) is 1. The molecule has 4 aromatic heterocycles. The Kier molecular flexibility index (Phi) is 4.66. The number of hydrogen-bond acceptors (Lipinski definition) is 8. The number of carbonyl (C=O) groups excluding carboxylic acids is 2. The highest BCUT2D eigenvalue weighted by atomic mass is 35.5. The molecular formula is C21H18ClN7O3. The van der Waals surface area contributed by atoms with Crippen molar-refractivity contribution in [1.82, 2.24) is 29.7 Å². The van der Waals surface area contributed by atoms with Crippen molar-refractivity contribution in [2.75, 3.05) is 12.8 Å². The fraction of sp³-hybridized carbons (Fsp3) is 0.238. The van der Waals surface area contributed by atoms with Crippen LogP contribution in [0.25, 0.3) is 33.7 Å². The van der Waals surface area contributed by atoms with E-state index in [1.54, 1.807) is 24.1 Å². The molecule has 0 saturated heterocycles. The van der Waals surface area contributed by atoms with Crippen LogP contribution in [0.15, 0.2) is 30.7 Å². The first-order valence-corrected chi connectivity index (χ1v) is 10.2. The molecule has 0 aliphatic heterocycles. The first kappa shape index (κ1) is 20.1. The lowest BCUT2D eigenvalue weighted by atomic mass is 10.1. The number of esters is 1. The van der Waals surface area contributed by atoms with Gasteiger partial charge < -0.3 is 15.5 Å². The van der Waals surface area contributed by atoms with Crippen LogP contribution in [0.1, 0.15) is 28.4 Å². The number of aryl methyl sites for hydroxylation is 1. The van der Waals surface area contributed by atoms with E-state index in [0.717, 1.165) is 11.3 Å². The molecule has 1 aliphatic rings. The summed E-state index contributed by atoms with van der Waals surface area (Å²) in [5.41, 5.74) is 9.51. The number of H-pyrrole nitrogens is 1. The smallest absolute Gasteiger partial charge is 0.340 e. The third-order valence-electron chi connectivity index (χ3n) is 5.54. The van der Waals surface area contributed by atoms with E-state index in [2.05, 4.69) is 20.1 Å². The molecule has 4 aromatic rings. The molecule has 0 amide bonds. The summed E-state index contributed by atoms with van der Waals surface area (Å²) in [6, 6.07) is 5.49. The van der Waals surface area contributed by atoms with Gasteiger partial charge in [0.05, 0.1) is 29.6 Å². The molecule has 4 heterocycles. The van der Waals surface area contributed by atoms with Gasteiger partial charge in [0.25, 0.3) is 0 Å². The molecule has 5 rings (SSSR count). The molecule has 2 unspecified atom stereocenters. The summed E-state index contributed by atoms with van der Waals surface area (Å²) in [5, 5.41) is 4.58. The topological polar surface area (TPSA) is 142 Å². The second-order valence-corrected chi connectivity index (χ2v) is 8.05. The molecule has 0 aromatic carbocycles. The zero-order valence-electron chi connectivity index (χ0n) is 17.2. The van der Waals surface area contributed by atoms with Gasteiger partial charge in [-0.2, -0.15) is 5.10 Å². The number of methoxy groups -OCH3 is 1. The van der Waals surface area contributed by atoms with E-state index in [9.17, 15) is 9.59 Å². The second kappa shape index (κ2) is 7.41. The van der Waals surface area contributed by atoms with Crippen LogP contribution in [0.5, 0.6) is 0 Å². The van der Waals surface area contributed by atoms with Crippen LogP contribution in [0.4, 0.5) is 5.82 Å². The highest BCUT2D eigenvalue weighted by molar-refractivity contribution is 6.64. The zero-order valence-corrected chi connectivity index (χ0v) is 17.9. The van der Waals surface area contributed by atoms with Gasteiger partial charge in [-0.25, -0.2) is 14.8 Å². The first-order valence-electron chi connectivity index (χ1n) is 9.79. The number of aromatic nitrogens is 6. The number of hydrogen-bond donors (Lipinski definition) is 2. The molecule has 3 N–H and O–H groups in total. The van der Waals surface area contributed by atoms with E-state index in [0.29, 0.717) is 34.5 Å². The van der Waals surface area contributed by atoms with E-state index in [-0.39, 0.29) is 28.5 Å². The third kappa shape index (κ3) is 3.38. The summed E-state index contributed by atoms with van der Waals surface area (Å²) in [7, 11) is 3.09. The number of rotatable bonds is 5. The Morgan fingerprint density at radius 3 is 2.75 bits per heavy atom. The maximum atomic E-state index is 12.2. The molecular weight excluding hydrogens is 434 g/mol. The van der Waals surface area contributed by atoms with E-state index in [4.69, 9.17) is 27.1 Å². The number of halogens is 1. The van der Waals surface area contributed by atoms with Crippen LogP contribution >= 0.6 is 11.6 Å². The number of nitrogens with zero attached hydrogens (tertiary/aromatic N) is 5. The Labute approximate surface area is 186 Å². The molecule has 1 fully saturated rings. The summed E-state index contributed by atoms with van der Waals surface area (Å²) in [4.78, 5) is 40.2. The highest BCUT2D eigenvalue weighted by Gasteiger charge is 2.44. The van der Waals surface area contributed by atoms with Crippen molar-refractivity contribution in [3.8, 4) is 22.8 Å². The minimum Gasteiger partial charge on any atom is -0.465 e. The molecule has 0 radical (unpaired) electrons. The molecule has 32 heavy (non-hydrogen) atoms. The van der Waals surface area contributed by atoms with E-state index in [1.165, 1.54) is 13.3 Å². The van der Waals surface area contributed by atoms with E-state index >= 15 is 0 Å². The Balaban J connectivity index is 1.67. The van der Waals surface area contributed by atoms with Crippen LogP contribution in [0, 0.1) is 5.92 Å². The minimum atomic E-state index is -0.519. The Morgan fingerprint density at radius 1 is 1.28 bits per heavy atom. The summed E-state index contributed by atoms with van der Waals surface area (Å²) in [6.45, 7) is 0. The highest BCUT2D eigenvalue weighted by Crippen LogP contribution is 2.49. The van der Waals surface area contributed by atoms with Gasteiger partial charge >= 0.3 is 5.97 Å². The fourth-order valence-corrected chi connectivity index (χ4v) is 4.04. The number of nitrogen functional groups attached to an aromatic ring is 1. The normalized spacial score (nSPS) is 17.5. The van der Waals surface area contributed by atoms with Crippen molar-refractivity contribution < 1.29 is 14.3 Å². The second-order valence-electron chi connectivity index (χ2n) is 7.68. The van der Waals surface area contributed by atoms with Crippen LogP contribution in [-0.2, 0) is 16.6 Å². The van der Waals surface area contributed by atoms with Gasteiger partial charge in [0, 0.05) is 41.7 Å². The fourth-order valence-electron chi connectivity index (χ4n) is 3.80. The molecule has 10 nitrogen and oxygen atoms in total. The number of anilines is 1. The largest absolute Gasteiger partial charge is 0.465 e. The number of nitrogens with one attached hydrogen (secondary N) is 1. The summed E-state index contributed by atoms with van der Waals surface area (Å²) in [5.74, 6) is -0.0628. The Bertz CT molecular complexity index is 1390. The minimum absolute atomic E-state index is 0.0656. The van der Waals surface area contributed by atoms with Gasteiger partial charge in [0.15, 0.2) is 5.82 Å². The molecule has 2 atom stereocenters. The number of pyridine rings is 2. The van der Waals surface area contributed by atoms with Crippen molar-refractivity contribution in [2.45, 2.75) is 12.3 Å². The molecule has 1 saturated carbocycles. The van der Waals surface area contributed by atoms with Crippen molar-refractivity contribution >= 4 is 39.5 Å². The zero-order chi connectivity index (χ0) is 22.6. The molecule has 0 spiro atoms. The van der Waals surface area contributed by atoms with Crippen LogP contribution in [-0.4, -0.2) is 48.0 Å². The lowest BCUT2D eigenvalue weighted by Gasteiger charge is -2.06. The van der Waals surface area contributed by atoms with Crippen LogP contribution in [0.3, 0.4) is 0 Å². The SMILES string of the molecule is COC(=O)c1cnc(N)c2[nH]c(-c3cc(-c4ncn(C)n4)cc(C4CC4C(=O)Cl)n3)cc12. The number of nitrogens with two attached hydrogens (primary N) is 1. The van der Waals surface area contributed by atoms with Gasteiger partial charge in [-0.05, 0) is 36.2 Å². The lowest BCUT2D eigenvalue weighted by molar-refractivity contribution is -0.112. The van der Waals surface area contributed by atoms with Crippen molar-refractivity contribution in [2.24, 2.45) is 13.0 Å². The summed E-state index contributed by atoms with van der Waals surface area (Å²) >= 11 is 5.70. The van der Waals surface area contributed by atoms with Crippen LogP contribution < -0.4 is 5.73 Å². The average Bonchev–Trinajstić information content (AvgIpc) is 3.27. The predicted molar refractivity (Wildman–Crippen MR) is 117 cm³/mol. The maximum Gasteiger partial charge on any atom is 0.340 e. The maximum absolute atomic E-state index is 12.2.